The molecule has 0 radical (unpaired) electrons. The molecule has 0 unspecified atom stereocenters. The van der Waals surface area contributed by atoms with Crippen LogP contribution in [0.4, 0.5) is 0 Å². The second kappa shape index (κ2) is 16.1. The van der Waals surface area contributed by atoms with Crippen molar-refractivity contribution in [2.24, 2.45) is 0 Å². The van der Waals surface area contributed by atoms with Gasteiger partial charge in [0.2, 0.25) is 0 Å². The minimum Gasteiger partial charge on any atom is -0.0622 e. The molecule has 0 heterocycles. The van der Waals surface area contributed by atoms with Gasteiger partial charge in [0.15, 0.2) is 0 Å². The zero-order valence-electron chi connectivity index (χ0n) is 39.4. The van der Waals surface area contributed by atoms with Crippen molar-refractivity contribution in [1.29, 1.82) is 0 Å². The molecule has 15 rings (SSSR count). The van der Waals surface area contributed by atoms with Gasteiger partial charge in [-0.3, -0.25) is 0 Å². The van der Waals surface area contributed by atoms with E-state index in [-0.39, 0.29) is 0 Å². The molecule has 0 aromatic heterocycles. The number of rotatable bonds is 8. The summed E-state index contributed by atoms with van der Waals surface area (Å²) in [7, 11) is 0. The Labute approximate surface area is 419 Å². The van der Waals surface area contributed by atoms with E-state index in [2.05, 4.69) is 267 Å². The number of hydrogen-bond acceptors (Lipinski definition) is 0. The molecule has 13 aromatic carbocycles. The molecule has 0 nitrogen and oxygen atoms in total. The van der Waals surface area contributed by atoms with Gasteiger partial charge in [0.1, 0.15) is 0 Å². The molecule has 2 aliphatic carbocycles. The van der Waals surface area contributed by atoms with E-state index >= 15 is 0 Å². The largest absolute Gasteiger partial charge is 0.0622 e. The number of hydrogen-bond donors (Lipinski definition) is 0. The molecule has 0 aliphatic heterocycles. The van der Waals surface area contributed by atoms with Crippen molar-refractivity contribution in [3.8, 4) is 44.5 Å². The summed E-state index contributed by atoms with van der Waals surface area (Å²) < 4.78 is 0. The Morgan fingerprint density at radius 2 is 0.319 bits per heavy atom. The number of fused-ring (bicyclic) bond motifs is 2. The van der Waals surface area contributed by atoms with Crippen LogP contribution < -0.4 is 0 Å². The predicted molar refractivity (Wildman–Crippen MR) is 305 cm³/mol. The maximum absolute atomic E-state index is 2.44. The van der Waals surface area contributed by atoms with Crippen molar-refractivity contribution in [2.75, 3.05) is 0 Å². The third-order valence-electron chi connectivity index (χ3n) is 15.6. The molecule has 0 saturated carbocycles. The van der Waals surface area contributed by atoms with Crippen LogP contribution in [0.25, 0.3) is 110 Å². The maximum atomic E-state index is 2.44. The first-order chi connectivity index (χ1) is 35.8. The summed E-state index contributed by atoms with van der Waals surface area (Å²) in [6.45, 7) is 0. The van der Waals surface area contributed by atoms with Gasteiger partial charge >= 0.3 is 0 Å². The molecule has 332 valence electrons. The smallest absolute Gasteiger partial charge is 0.00134 e. The summed E-state index contributed by atoms with van der Waals surface area (Å²) >= 11 is 0. The standard InChI is InChI=1S/C72H44/c1-5-21-45(22-6-1)49-29-13-17-33-53(49)67-61-41-37-57-59-39-43-63-69(55-35-19-15-31-51(55)47-25-9-3-10-26-47)70(56-36-20-16-32-52(56)48-27-11-4-12-28-48)64-44-40-60(66(59)72(63)64)58-38-42-62(71(61)65(57)58)68(67)54-34-18-14-30-50(54)46-23-7-2-8-24-46/h1-44H. The van der Waals surface area contributed by atoms with E-state index in [0.717, 1.165) is 0 Å². The summed E-state index contributed by atoms with van der Waals surface area (Å²) in [5.41, 5.74) is 25.0. The fourth-order valence-electron chi connectivity index (χ4n) is 12.7. The molecule has 0 saturated heterocycles. The zero-order chi connectivity index (χ0) is 47.3. The molecule has 0 fully saturated rings. The van der Waals surface area contributed by atoms with E-state index in [1.165, 1.54) is 154 Å². The van der Waals surface area contributed by atoms with Gasteiger partial charge in [-0.1, -0.05) is 267 Å². The van der Waals surface area contributed by atoms with Crippen LogP contribution in [-0.2, 0) is 0 Å². The predicted octanol–water partition coefficient (Wildman–Crippen LogP) is 19.0. The van der Waals surface area contributed by atoms with Crippen molar-refractivity contribution in [3.05, 3.63) is 311 Å². The minimum absolute atomic E-state index is 1.21. The molecule has 0 atom stereocenters. The average Bonchev–Trinajstić information content (AvgIpc) is 3.99. The molecule has 0 spiro atoms. The van der Waals surface area contributed by atoms with E-state index in [9.17, 15) is 0 Å². The lowest BCUT2D eigenvalue weighted by molar-refractivity contribution is 1.54. The quantitative estimate of drug-likeness (QED) is 0.105. The summed E-state index contributed by atoms with van der Waals surface area (Å²) in [5.74, 6) is 0. The Kier molecular flexibility index (Phi) is 9.06. The molecule has 0 amide bonds. The molecule has 2 aliphatic rings. The topological polar surface area (TPSA) is 0 Å². The van der Waals surface area contributed by atoms with E-state index in [1.807, 2.05) is 0 Å². The molecule has 13 aromatic rings. The van der Waals surface area contributed by atoms with Crippen LogP contribution in [0.15, 0.2) is 267 Å². The molecule has 0 N–H and O–H groups in total. The van der Waals surface area contributed by atoms with Crippen molar-refractivity contribution in [1.82, 2.24) is 0 Å². The van der Waals surface area contributed by atoms with Gasteiger partial charge in [-0.25, -0.2) is 0 Å². The number of benzene rings is 13. The summed E-state index contributed by atoms with van der Waals surface area (Å²) in [5, 5.41) is 10.5. The molecule has 0 heteroatoms. The van der Waals surface area contributed by atoms with Gasteiger partial charge in [-0.05, 0) is 154 Å². The molecule has 72 heavy (non-hydrogen) atoms. The maximum Gasteiger partial charge on any atom is -0.00134 e. The average molecular weight is 909 g/mol. The highest BCUT2D eigenvalue weighted by Gasteiger charge is 2.34. The lowest BCUT2D eigenvalue weighted by Crippen LogP contribution is -1.96. The van der Waals surface area contributed by atoms with Gasteiger partial charge in [0.05, 0.1) is 0 Å². The Morgan fingerprint density at radius 1 is 0.125 bits per heavy atom. The van der Waals surface area contributed by atoms with Crippen LogP contribution >= 0.6 is 0 Å². The van der Waals surface area contributed by atoms with E-state index in [4.69, 9.17) is 0 Å². The Balaban J connectivity index is 1.03. The Morgan fingerprint density at radius 3 is 0.542 bits per heavy atom. The fourth-order valence-corrected chi connectivity index (χ4v) is 12.7. The van der Waals surface area contributed by atoms with Crippen LogP contribution in [0, 0.1) is 0 Å². The Hall–Kier alpha value is -9.36. The second-order valence-electron chi connectivity index (χ2n) is 19.3. The van der Waals surface area contributed by atoms with Crippen LogP contribution in [0.3, 0.4) is 0 Å². The first kappa shape index (κ1) is 40.5. The summed E-state index contributed by atoms with van der Waals surface area (Å²) in [6.07, 6.45) is 0. The monoisotopic (exact) mass is 908 g/mol. The normalized spacial score (nSPS) is 12.9. The second-order valence-corrected chi connectivity index (χ2v) is 19.3. The van der Waals surface area contributed by atoms with Gasteiger partial charge in [0.25, 0.3) is 0 Å². The third-order valence-corrected chi connectivity index (χ3v) is 15.6. The zero-order valence-corrected chi connectivity index (χ0v) is 39.4. The van der Waals surface area contributed by atoms with Crippen LogP contribution in [0.5, 0.6) is 0 Å². The SMILES string of the molecule is c1ccc(-c2ccccc2C2=C(c3ccccc3-c3ccccc3)c3ccc4c5ccc6c7c(ccc(c8ccc2c3c84)c75)C(c2ccccc2-c2ccccc2)=C6c2ccccc2-c2ccccc2)cc1. The lowest BCUT2D eigenvalue weighted by atomic mass is 9.84. The van der Waals surface area contributed by atoms with E-state index in [0.29, 0.717) is 0 Å². The van der Waals surface area contributed by atoms with Gasteiger partial charge < -0.3 is 0 Å². The van der Waals surface area contributed by atoms with Crippen LogP contribution in [-0.4, -0.2) is 0 Å². The third kappa shape index (κ3) is 5.93. The first-order valence-corrected chi connectivity index (χ1v) is 25.1. The fraction of sp³-hybridized carbons (Fsp3) is 0. The van der Waals surface area contributed by atoms with E-state index in [1.54, 1.807) is 0 Å². The van der Waals surface area contributed by atoms with Gasteiger partial charge in [-0.2, -0.15) is 0 Å². The molecular formula is C72H44. The van der Waals surface area contributed by atoms with E-state index < -0.39 is 0 Å². The summed E-state index contributed by atoms with van der Waals surface area (Å²) in [4.78, 5) is 0. The van der Waals surface area contributed by atoms with Gasteiger partial charge in [0, 0.05) is 0 Å². The molecule has 0 bridgehead atoms. The van der Waals surface area contributed by atoms with Crippen molar-refractivity contribution in [3.63, 3.8) is 0 Å². The Bertz CT molecular complexity index is 3820. The van der Waals surface area contributed by atoms with Crippen molar-refractivity contribution >= 4 is 65.4 Å². The molecular weight excluding hydrogens is 865 g/mol. The minimum atomic E-state index is 1.21. The highest BCUT2D eigenvalue weighted by Crippen LogP contribution is 2.58. The van der Waals surface area contributed by atoms with Crippen LogP contribution in [0.1, 0.15) is 44.5 Å². The van der Waals surface area contributed by atoms with Gasteiger partial charge in [-0.15, -0.1) is 0 Å². The highest BCUT2D eigenvalue weighted by atomic mass is 14.4. The first-order valence-electron chi connectivity index (χ1n) is 25.1. The van der Waals surface area contributed by atoms with Crippen molar-refractivity contribution < 1.29 is 0 Å². The van der Waals surface area contributed by atoms with Crippen LogP contribution in [0.2, 0.25) is 0 Å². The van der Waals surface area contributed by atoms with Crippen molar-refractivity contribution in [2.45, 2.75) is 0 Å². The highest BCUT2D eigenvalue weighted by molar-refractivity contribution is 6.40. The lowest BCUT2D eigenvalue weighted by Gasteiger charge is -2.18. The summed E-state index contributed by atoms with van der Waals surface area (Å²) in [6, 6.07) is 99.2.